The summed E-state index contributed by atoms with van der Waals surface area (Å²) in [6, 6.07) is 8.02. The number of nitrogens with zero attached hydrogens (tertiary/aromatic N) is 2. The molecular weight excluding hydrogens is 450 g/mol. The molecule has 0 unspecified atom stereocenters. The normalized spacial score (nSPS) is 14.5. The van der Waals surface area contributed by atoms with Crippen LogP contribution in [0.5, 0.6) is 34.5 Å². The number of piperazine rings is 1. The lowest BCUT2D eigenvalue weighted by Crippen LogP contribution is -2.47. The summed E-state index contributed by atoms with van der Waals surface area (Å²) in [5.41, 5.74) is 2.25. The monoisotopic (exact) mass is 489 g/mol. The van der Waals surface area contributed by atoms with Gasteiger partial charge in [-0.1, -0.05) is 0 Å². The first-order chi connectivity index (χ1) is 17.1. The third kappa shape index (κ3) is 6.84. The molecule has 0 bridgehead atoms. The Morgan fingerprint density at radius 2 is 1.03 bits per heavy atom. The Labute approximate surface area is 208 Å². The lowest BCUT2D eigenvalue weighted by molar-refractivity contribution is 0.127. The zero-order valence-electron chi connectivity index (χ0n) is 21.8. The van der Waals surface area contributed by atoms with Crippen molar-refractivity contribution in [2.45, 2.75) is 13.1 Å². The summed E-state index contributed by atoms with van der Waals surface area (Å²) in [6.45, 7) is 7.60. The molecule has 2 aromatic rings. The summed E-state index contributed by atoms with van der Waals surface area (Å²) in [6.07, 6.45) is 0. The Bertz CT molecular complexity index is 894. The highest BCUT2D eigenvalue weighted by Crippen LogP contribution is 2.39. The molecular formula is C26H39N3O6. The molecule has 1 saturated heterocycles. The molecule has 0 atom stereocenters. The van der Waals surface area contributed by atoms with Gasteiger partial charge in [0.25, 0.3) is 0 Å². The second-order valence-corrected chi connectivity index (χ2v) is 8.36. The van der Waals surface area contributed by atoms with E-state index in [1.54, 1.807) is 42.7 Å². The molecule has 1 heterocycles. The first-order valence-corrected chi connectivity index (χ1v) is 11.8. The predicted octanol–water partition coefficient (Wildman–Crippen LogP) is 2.65. The van der Waals surface area contributed by atoms with Gasteiger partial charge in [0.15, 0.2) is 23.0 Å². The van der Waals surface area contributed by atoms with Crippen molar-refractivity contribution in [2.24, 2.45) is 0 Å². The summed E-state index contributed by atoms with van der Waals surface area (Å²) in [5.74, 6) is 3.97. The molecule has 0 spiro atoms. The van der Waals surface area contributed by atoms with E-state index >= 15 is 0 Å². The van der Waals surface area contributed by atoms with Crippen molar-refractivity contribution in [3.63, 3.8) is 0 Å². The largest absolute Gasteiger partial charge is 0.493 e. The van der Waals surface area contributed by atoms with Crippen molar-refractivity contribution in [3.05, 3.63) is 35.4 Å². The van der Waals surface area contributed by atoms with Gasteiger partial charge in [0.05, 0.1) is 42.7 Å². The van der Waals surface area contributed by atoms with Crippen molar-refractivity contribution in [1.29, 1.82) is 0 Å². The Hall–Kier alpha value is -2.88. The molecule has 194 valence electrons. The third-order valence-corrected chi connectivity index (χ3v) is 6.25. The van der Waals surface area contributed by atoms with Crippen LogP contribution in [0.1, 0.15) is 11.1 Å². The van der Waals surface area contributed by atoms with Crippen LogP contribution >= 0.6 is 0 Å². The minimum atomic E-state index is 0.614. The summed E-state index contributed by atoms with van der Waals surface area (Å²) < 4.78 is 32.7. The fourth-order valence-electron chi connectivity index (χ4n) is 4.36. The average Bonchev–Trinajstić information content (AvgIpc) is 2.90. The minimum Gasteiger partial charge on any atom is -0.493 e. The molecule has 0 saturated carbocycles. The average molecular weight is 490 g/mol. The van der Waals surface area contributed by atoms with Crippen LogP contribution in [0, 0.1) is 0 Å². The quantitative estimate of drug-likeness (QED) is 0.428. The molecule has 1 aliphatic heterocycles. The van der Waals surface area contributed by atoms with Crippen LogP contribution in [0.2, 0.25) is 0 Å². The zero-order chi connectivity index (χ0) is 25.2. The van der Waals surface area contributed by atoms with Crippen LogP contribution in [0.3, 0.4) is 0 Å². The number of rotatable bonds is 13. The molecule has 0 amide bonds. The lowest BCUT2D eigenvalue weighted by atomic mass is 10.1. The van der Waals surface area contributed by atoms with E-state index < -0.39 is 0 Å². The second-order valence-electron chi connectivity index (χ2n) is 8.36. The maximum atomic E-state index is 5.49. The summed E-state index contributed by atoms with van der Waals surface area (Å²) in [4.78, 5) is 4.95. The smallest absolute Gasteiger partial charge is 0.203 e. The van der Waals surface area contributed by atoms with E-state index in [1.807, 2.05) is 24.3 Å². The van der Waals surface area contributed by atoms with Crippen LogP contribution in [-0.4, -0.2) is 91.7 Å². The van der Waals surface area contributed by atoms with Gasteiger partial charge in [0, 0.05) is 52.4 Å². The summed E-state index contributed by atoms with van der Waals surface area (Å²) in [5, 5.41) is 3.53. The van der Waals surface area contributed by atoms with E-state index in [4.69, 9.17) is 28.4 Å². The number of benzene rings is 2. The molecule has 1 aliphatic rings. The van der Waals surface area contributed by atoms with E-state index in [9.17, 15) is 0 Å². The molecule has 35 heavy (non-hydrogen) atoms. The fourth-order valence-corrected chi connectivity index (χ4v) is 4.36. The standard InChI is InChI=1S/C26H39N3O6/c1-30-21-13-19(14-22(31-2)25(21)34-5)17-27-7-8-28-9-11-29(12-10-28)18-20-15-23(32-3)26(35-6)24(16-20)33-4/h13-16,27H,7-12,17-18H2,1-6H3. The van der Waals surface area contributed by atoms with Crippen molar-refractivity contribution in [2.75, 3.05) is 81.9 Å². The second kappa shape index (κ2) is 13.3. The third-order valence-electron chi connectivity index (χ3n) is 6.25. The zero-order valence-corrected chi connectivity index (χ0v) is 21.8. The topological polar surface area (TPSA) is 73.9 Å². The van der Waals surface area contributed by atoms with Gasteiger partial charge in [-0.2, -0.15) is 0 Å². The number of hydrogen-bond acceptors (Lipinski definition) is 9. The maximum absolute atomic E-state index is 5.49. The molecule has 1 N–H and O–H groups in total. The van der Waals surface area contributed by atoms with Gasteiger partial charge >= 0.3 is 0 Å². The lowest BCUT2D eigenvalue weighted by Gasteiger charge is -2.34. The Morgan fingerprint density at radius 1 is 0.600 bits per heavy atom. The van der Waals surface area contributed by atoms with Crippen molar-refractivity contribution in [3.8, 4) is 34.5 Å². The Balaban J connectivity index is 1.45. The Kier molecular flexibility index (Phi) is 10.1. The van der Waals surface area contributed by atoms with E-state index in [-0.39, 0.29) is 0 Å². The van der Waals surface area contributed by atoms with E-state index in [1.165, 1.54) is 0 Å². The highest BCUT2D eigenvalue weighted by molar-refractivity contribution is 5.54. The van der Waals surface area contributed by atoms with Gasteiger partial charge in [-0.3, -0.25) is 9.80 Å². The Morgan fingerprint density at radius 3 is 1.46 bits per heavy atom. The molecule has 0 radical (unpaired) electrons. The van der Waals surface area contributed by atoms with Gasteiger partial charge in [-0.25, -0.2) is 0 Å². The highest BCUT2D eigenvalue weighted by Gasteiger charge is 2.19. The molecule has 1 fully saturated rings. The van der Waals surface area contributed by atoms with Crippen molar-refractivity contribution >= 4 is 0 Å². The van der Waals surface area contributed by atoms with Gasteiger partial charge in [0.1, 0.15) is 0 Å². The number of methoxy groups -OCH3 is 6. The SMILES string of the molecule is COc1cc(CNCCN2CCN(Cc3cc(OC)c(OC)c(OC)c3)CC2)cc(OC)c1OC. The summed E-state index contributed by atoms with van der Waals surface area (Å²) >= 11 is 0. The molecule has 9 heteroatoms. The van der Waals surface area contributed by atoms with E-state index in [0.29, 0.717) is 34.5 Å². The number of hydrogen-bond donors (Lipinski definition) is 1. The van der Waals surface area contributed by atoms with Crippen LogP contribution in [0.4, 0.5) is 0 Å². The maximum Gasteiger partial charge on any atom is 0.203 e. The van der Waals surface area contributed by atoms with Crippen molar-refractivity contribution in [1.82, 2.24) is 15.1 Å². The van der Waals surface area contributed by atoms with Crippen LogP contribution < -0.4 is 33.7 Å². The summed E-state index contributed by atoms with van der Waals surface area (Å²) in [7, 11) is 9.80. The van der Waals surface area contributed by atoms with Gasteiger partial charge in [0.2, 0.25) is 11.5 Å². The van der Waals surface area contributed by atoms with Gasteiger partial charge in [-0.05, 0) is 35.4 Å². The molecule has 9 nitrogen and oxygen atoms in total. The minimum absolute atomic E-state index is 0.614. The fraction of sp³-hybridized carbons (Fsp3) is 0.538. The van der Waals surface area contributed by atoms with Crippen LogP contribution in [0.25, 0.3) is 0 Å². The highest BCUT2D eigenvalue weighted by atomic mass is 16.5. The predicted molar refractivity (Wildman–Crippen MR) is 136 cm³/mol. The van der Waals surface area contributed by atoms with Gasteiger partial charge < -0.3 is 33.7 Å². The molecule has 2 aromatic carbocycles. The van der Waals surface area contributed by atoms with E-state index in [2.05, 4.69) is 15.1 Å². The number of ether oxygens (including phenoxy) is 6. The van der Waals surface area contributed by atoms with Crippen molar-refractivity contribution < 1.29 is 28.4 Å². The molecule has 0 aromatic heterocycles. The van der Waals surface area contributed by atoms with Crippen LogP contribution in [0.15, 0.2) is 24.3 Å². The number of nitrogens with one attached hydrogen (secondary N) is 1. The van der Waals surface area contributed by atoms with E-state index in [0.717, 1.165) is 63.5 Å². The molecule has 3 rings (SSSR count). The van der Waals surface area contributed by atoms with Gasteiger partial charge in [-0.15, -0.1) is 0 Å². The first kappa shape index (κ1) is 26.7. The molecule has 0 aliphatic carbocycles. The first-order valence-electron chi connectivity index (χ1n) is 11.8. The van der Waals surface area contributed by atoms with Crippen LogP contribution in [-0.2, 0) is 13.1 Å².